The third-order valence-electron chi connectivity index (χ3n) is 3.55. The average molecular weight is 290 g/mol. The number of thiazole rings is 1. The van der Waals surface area contributed by atoms with E-state index in [1.54, 1.807) is 29.5 Å². The van der Waals surface area contributed by atoms with Crippen LogP contribution in [0.1, 0.15) is 22.0 Å². The van der Waals surface area contributed by atoms with E-state index in [4.69, 9.17) is 0 Å². The normalized spacial score (nSPS) is 17.6. The molecule has 0 radical (unpaired) electrons. The Morgan fingerprint density at radius 3 is 3.05 bits per heavy atom. The summed E-state index contributed by atoms with van der Waals surface area (Å²) >= 11 is 1.66. The summed E-state index contributed by atoms with van der Waals surface area (Å²) < 4.78 is 13.5. The van der Waals surface area contributed by atoms with Crippen molar-refractivity contribution in [1.82, 2.24) is 4.98 Å². The van der Waals surface area contributed by atoms with Gasteiger partial charge in [-0.05, 0) is 38.3 Å². The maximum atomic E-state index is 13.5. The fraction of sp³-hybridized carbons (Fsp3) is 0.333. The van der Waals surface area contributed by atoms with Gasteiger partial charge in [-0.1, -0.05) is 12.1 Å². The fourth-order valence-electron chi connectivity index (χ4n) is 2.53. The number of nitrogens with zero attached hydrogens (tertiary/aromatic N) is 1. The summed E-state index contributed by atoms with van der Waals surface area (Å²) in [4.78, 5) is 17.9. The van der Waals surface area contributed by atoms with Gasteiger partial charge in [0.15, 0.2) is 0 Å². The van der Waals surface area contributed by atoms with Crippen molar-refractivity contribution in [2.24, 2.45) is 5.92 Å². The molecule has 1 aromatic carbocycles. The Bertz CT molecular complexity index is 653. The molecule has 1 aromatic heterocycles. The molecule has 3 nitrogen and oxygen atoms in total. The van der Waals surface area contributed by atoms with E-state index in [1.807, 2.05) is 6.92 Å². The van der Waals surface area contributed by atoms with Gasteiger partial charge in [0.1, 0.15) is 5.82 Å². The fourth-order valence-corrected chi connectivity index (χ4v) is 3.59. The maximum absolute atomic E-state index is 13.5. The second-order valence-corrected chi connectivity index (χ2v) is 6.30. The smallest absolute Gasteiger partial charge is 0.227 e. The van der Waals surface area contributed by atoms with Crippen molar-refractivity contribution in [2.45, 2.75) is 26.2 Å². The number of amides is 1. The zero-order valence-corrected chi connectivity index (χ0v) is 12.0. The summed E-state index contributed by atoms with van der Waals surface area (Å²) in [6, 6.07) is 6.25. The standard InChI is InChI=1S/C15H15FN2OS/c1-9-17-13-7-6-10(8-14(13)20-9)15(19)18-12-5-3-2-4-11(12)16/h2-5,10H,6-8H2,1H3,(H,18,19). The number of para-hydroxylation sites is 1. The second-order valence-electron chi connectivity index (χ2n) is 5.01. The van der Waals surface area contributed by atoms with Crippen molar-refractivity contribution in [1.29, 1.82) is 0 Å². The Kier molecular flexibility index (Phi) is 3.53. The van der Waals surface area contributed by atoms with E-state index in [2.05, 4.69) is 10.3 Å². The highest BCUT2D eigenvalue weighted by molar-refractivity contribution is 7.11. The van der Waals surface area contributed by atoms with Crippen LogP contribution in [0, 0.1) is 18.7 Å². The minimum Gasteiger partial charge on any atom is -0.323 e. The number of aryl methyl sites for hydroxylation is 2. The molecular formula is C15H15FN2OS. The van der Waals surface area contributed by atoms with Crippen LogP contribution in [0.2, 0.25) is 0 Å². The van der Waals surface area contributed by atoms with E-state index in [-0.39, 0.29) is 17.5 Å². The van der Waals surface area contributed by atoms with Crippen LogP contribution in [0.15, 0.2) is 24.3 Å². The molecule has 5 heteroatoms. The molecular weight excluding hydrogens is 275 g/mol. The lowest BCUT2D eigenvalue weighted by Crippen LogP contribution is -2.28. The molecule has 1 atom stereocenters. The highest BCUT2D eigenvalue weighted by Crippen LogP contribution is 2.30. The predicted octanol–water partition coefficient (Wildman–Crippen LogP) is 3.33. The zero-order valence-electron chi connectivity index (χ0n) is 11.1. The van der Waals surface area contributed by atoms with Gasteiger partial charge in [-0.15, -0.1) is 11.3 Å². The highest BCUT2D eigenvalue weighted by atomic mass is 32.1. The molecule has 0 fully saturated rings. The number of carbonyl (C=O) groups excluding carboxylic acids is 1. The molecule has 104 valence electrons. The van der Waals surface area contributed by atoms with Crippen LogP contribution in [-0.4, -0.2) is 10.9 Å². The summed E-state index contributed by atoms with van der Waals surface area (Å²) in [5.74, 6) is -0.597. The monoisotopic (exact) mass is 290 g/mol. The number of anilines is 1. The highest BCUT2D eigenvalue weighted by Gasteiger charge is 2.27. The SMILES string of the molecule is Cc1nc2c(s1)CC(C(=O)Nc1ccccc1F)CC2. The average Bonchev–Trinajstić information content (AvgIpc) is 2.80. The number of halogens is 1. The minimum absolute atomic E-state index is 0.0954. The van der Waals surface area contributed by atoms with Gasteiger partial charge >= 0.3 is 0 Å². The molecule has 3 rings (SSSR count). The molecule has 0 saturated carbocycles. The number of hydrogen-bond acceptors (Lipinski definition) is 3. The molecule has 20 heavy (non-hydrogen) atoms. The molecule has 1 aliphatic rings. The van der Waals surface area contributed by atoms with Crippen LogP contribution in [0.5, 0.6) is 0 Å². The van der Waals surface area contributed by atoms with Gasteiger partial charge in [0.25, 0.3) is 0 Å². The number of rotatable bonds is 2. The summed E-state index contributed by atoms with van der Waals surface area (Å²) in [7, 11) is 0. The number of fused-ring (bicyclic) bond motifs is 1. The van der Waals surface area contributed by atoms with Crippen molar-refractivity contribution >= 4 is 22.9 Å². The second kappa shape index (κ2) is 5.32. The van der Waals surface area contributed by atoms with Crippen LogP contribution < -0.4 is 5.32 Å². The maximum Gasteiger partial charge on any atom is 0.227 e. The first-order chi connectivity index (χ1) is 9.63. The van der Waals surface area contributed by atoms with Gasteiger partial charge in [-0.3, -0.25) is 4.79 Å². The molecule has 0 aliphatic heterocycles. The van der Waals surface area contributed by atoms with Gasteiger partial charge in [-0.2, -0.15) is 0 Å². The third-order valence-corrected chi connectivity index (χ3v) is 4.58. The molecule has 0 bridgehead atoms. The third kappa shape index (κ3) is 2.58. The van der Waals surface area contributed by atoms with Crippen LogP contribution in [-0.2, 0) is 17.6 Å². The van der Waals surface area contributed by atoms with E-state index in [9.17, 15) is 9.18 Å². The van der Waals surface area contributed by atoms with Gasteiger partial charge in [0.2, 0.25) is 5.91 Å². The number of benzene rings is 1. The van der Waals surface area contributed by atoms with E-state index in [1.165, 1.54) is 10.9 Å². The molecule has 1 unspecified atom stereocenters. The van der Waals surface area contributed by atoms with Crippen molar-refractivity contribution in [3.63, 3.8) is 0 Å². The molecule has 1 amide bonds. The Balaban J connectivity index is 1.72. The van der Waals surface area contributed by atoms with Crippen LogP contribution in [0.4, 0.5) is 10.1 Å². The lowest BCUT2D eigenvalue weighted by atomic mass is 9.90. The van der Waals surface area contributed by atoms with Crippen molar-refractivity contribution in [2.75, 3.05) is 5.32 Å². The lowest BCUT2D eigenvalue weighted by Gasteiger charge is -2.20. The van der Waals surface area contributed by atoms with E-state index >= 15 is 0 Å². The Morgan fingerprint density at radius 1 is 1.45 bits per heavy atom. The Labute approximate surface area is 120 Å². The summed E-state index contributed by atoms with van der Waals surface area (Å²) in [5, 5.41) is 3.73. The first kappa shape index (κ1) is 13.2. The van der Waals surface area contributed by atoms with Gasteiger partial charge < -0.3 is 5.32 Å². The van der Waals surface area contributed by atoms with Crippen LogP contribution >= 0.6 is 11.3 Å². The van der Waals surface area contributed by atoms with E-state index in [0.29, 0.717) is 6.42 Å². The Morgan fingerprint density at radius 2 is 2.25 bits per heavy atom. The topological polar surface area (TPSA) is 42.0 Å². The molecule has 1 N–H and O–H groups in total. The number of nitrogens with one attached hydrogen (secondary N) is 1. The Hall–Kier alpha value is -1.75. The molecule has 1 aliphatic carbocycles. The van der Waals surface area contributed by atoms with Crippen molar-refractivity contribution in [3.05, 3.63) is 45.7 Å². The van der Waals surface area contributed by atoms with E-state index in [0.717, 1.165) is 23.5 Å². The van der Waals surface area contributed by atoms with Crippen molar-refractivity contribution in [3.8, 4) is 0 Å². The van der Waals surface area contributed by atoms with Crippen LogP contribution in [0.25, 0.3) is 0 Å². The number of hydrogen-bond donors (Lipinski definition) is 1. The molecule has 0 saturated heterocycles. The summed E-state index contributed by atoms with van der Waals surface area (Å²) in [5.41, 5.74) is 1.38. The largest absolute Gasteiger partial charge is 0.323 e. The quantitative estimate of drug-likeness (QED) is 0.921. The minimum atomic E-state index is -0.397. The lowest BCUT2D eigenvalue weighted by molar-refractivity contribution is -0.120. The van der Waals surface area contributed by atoms with Crippen molar-refractivity contribution < 1.29 is 9.18 Å². The molecule has 0 spiro atoms. The number of carbonyl (C=O) groups is 1. The molecule has 1 heterocycles. The molecule has 2 aromatic rings. The van der Waals surface area contributed by atoms with Crippen LogP contribution in [0.3, 0.4) is 0 Å². The number of aromatic nitrogens is 1. The van der Waals surface area contributed by atoms with Gasteiger partial charge in [-0.25, -0.2) is 9.37 Å². The summed E-state index contributed by atoms with van der Waals surface area (Å²) in [6.07, 6.45) is 2.31. The first-order valence-electron chi connectivity index (χ1n) is 6.64. The summed E-state index contributed by atoms with van der Waals surface area (Å²) in [6.45, 7) is 1.98. The van der Waals surface area contributed by atoms with E-state index < -0.39 is 5.82 Å². The predicted molar refractivity (Wildman–Crippen MR) is 77.4 cm³/mol. The van der Waals surface area contributed by atoms with Gasteiger partial charge in [0.05, 0.1) is 16.4 Å². The zero-order chi connectivity index (χ0) is 14.1. The first-order valence-corrected chi connectivity index (χ1v) is 7.45. The van der Waals surface area contributed by atoms with Gasteiger partial charge in [0, 0.05) is 10.8 Å².